The molecular formula is C30H38N4O7. The van der Waals surface area contributed by atoms with E-state index in [0.29, 0.717) is 31.0 Å². The Morgan fingerprint density at radius 2 is 1.85 bits per heavy atom. The van der Waals surface area contributed by atoms with Crippen LogP contribution in [0, 0.1) is 17.8 Å². The lowest BCUT2D eigenvalue weighted by molar-refractivity contribution is -0.149. The number of aromatic hydroxyl groups is 1. The van der Waals surface area contributed by atoms with E-state index in [2.05, 4.69) is 16.8 Å². The number of likely N-dealkylation sites (tertiary alicyclic amines) is 1. The molecule has 11 nitrogen and oxygen atoms in total. The number of hydrogen-bond donors (Lipinski definition) is 5. The van der Waals surface area contributed by atoms with Gasteiger partial charge in [-0.3, -0.25) is 24.2 Å². The number of carbonyl (C=O) groups is 3. The van der Waals surface area contributed by atoms with Crippen LogP contribution in [-0.2, 0) is 16.0 Å². The van der Waals surface area contributed by atoms with Crippen LogP contribution in [-0.4, -0.2) is 99.6 Å². The Kier molecular flexibility index (Phi) is 6.29. The van der Waals surface area contributed by atoms with E-state index in [1.807, 2.05) is 20.9 Å². The molecule has 220 valence electrons. The highest BCUT2D eigenvalue weighted by Crippen LogP contribution is 2.56. The molecule has 6 rings (SSSR count). The van der Waals surface area contributed by atoms with Crippen LogP contribution in [0.5, 0.6) is 5.75 Å². The zero-order chi connectivity index (χ0) is 29.7. The van der Waals surface area contributed by atoms with Crippen LogP contribution >= 0.6 is 0 Å². The maximum absolute atomic E-state index is 14.1. The van der Waals surface area contributed by atoms with Crippen molar-refractivity contribution in [2.75, 3.05) is 45.2 Å². The van der Waals surface area contributed by atoms with E-state index >= 15 is 0 Å². The van der Waals surface area contributed by atoms with Crippen molar-refractivity contribution in [1.29, 1.82) is 0 Å². The summed E-state index contributed by atoms with van der Waals surface area (Å²) >= 11 is 0. The van der Waals surface area contributed by atoms with E-state index in [-0.39, 0.29) is 29.3 Å². The fourth-order valence-electron chi connectivity index (χ4n) is 8.61. The Morgan fingerprint density at radius 1 is 1.17 bits per heavy atom. The minimum Gasteiger partial charge on any atom is -0.510 e. The van der Waals surface area contributed by atoms with Crippen LogP contribution in [0.25, 0.3) is 0 Å². The fraction of sp³-hybridized carbons (Fsp3) is 0.567. The van der Waals surface area contributed by atoms with Gasteiger partial charge in [-0.25, -0.2) is 0 Å². The Labute approximate surface area is 238 Å². The maximum Gasteiger partial charge on any atom is 0.255 e. The van der Waals surface area contributed by atoms with Gasteiger partial charge in [-0.2, -0.15) is 0 Å². The van der Waals surface area contributed by atoms with E-state index < -0.39 is 58.0 Å². The first kappa shape index (κ1) is 27.7. The number of phenolic OH excluding ortho intramolecular Hbond substituents is 1. The third kappa shape index (κ3) is 3.52. The Bertz CT molecular complexity index is 1450. The molecule has 0 bridgehead atoms. The standard InChI is InChI=1S/C30H38N4O7/c1-5-34(6-2)24-17-10-14-9-15-20(18(35)11-16-22-13(7-8-32(22)3)12-33(4)23(15)16)25(36)19(14)27(38)30(17,41)28(39)21(26(24)37)29(31)40/h11,13-14,17,22,24,35,37-38,41H,5-10,12H2,1-4H3,(H2,31,40)/t13?,14-,17-,22?,24-,30-/m0/s1. The summed E-state index contributed by atoms with van der Waals surface area (Å²) in [6.45, 7) is 6.28. The zero-order valence-electron chi connectivity index (χ0n) is 23.8. The van der Waals surface area contributed by atoms with E-state index in [4.69, 9.17) is 5.73 Å². The summed E-state index contributed by atoms with van der Waals surface area (Å²) in [4.78, 5) is 46.2. The molecule has 6 N–H and O–H groups in total. The number of phenols is 1. The normalized spacial score (nSPS) is 33.0. The Balaban J connectivity index is 1.55. The number of aliphatic hydroxyl groups is 3. The van der Waals surface area contributed by atoms with Crippen molar-refractivity contribution < 1.29 is 34.8 Å². The molecule has 41 heavy (non-hydrogen) atoms. The average Bonchev–Trinajstić information content (AvgIpc) is 3.28. The van der Waals surface area contributed by atoms with E-state index in [1.165, 1.54) is 0 Å². The molecule has 0 saturated carbocycles. The summed E-state index contributed by atoms with van der Waals surface area (Å²) < 4.78 is 0. The molecule has 2 aliphatic heterocycles. The van der Waals surface area contributed by atoms with Crippen molar-refractivity contribution in [2.24, 2.45) is 23.5 Å². The second-order valence-corrected chi connectivity index (χ2v) is 12.3. The number of ketones is 2. The summed E-state index contributed by atoms with van der Waals surface area (Å²) in [7, 11) is 4.05. The number of Topliss-reactive ketones (excluding diaryl/α,β-unsaturated/α-hetero) is 2. The number of anilines is 1. The monoisotopic (exact) mass is 566 g/mol. The van der Waals surface area contributed by atoms with Gasteiger partial charge in [0.15, 0.2) is 11.4 Å². The predicted octanol–water partition coefficient (Wildman–Crippen LogP) is 1.34. The number of primary amides is 1. The van der Waals surface area contributed by atoms with Gasteiger partial charge in [-0.05, 0) is 75.0 Å². The first-order valence-electron chi connectivity index (χ1n) is 14.4. The molecular weight excluding hydrogens is 528 g/mol. The van der Waals surface area contributed by atoms with Gasteiger partial charge in [-0.15, -0.1) is 0 Å². The number of rotatable bonds is 4. The lowest BCUT2D eigenvalue weighted by Crippen LogP contribution is -2.64. The number of hydrogen-bond acceptors (Lipinski definition) is 10. The number of nitrogens with zero attached hydrogens (tertiary/aromatic N) is 3. The Morgan fingerprint density at radius 3 is 2.49 bits per heavy atom. The summed E-state index contributed by atoms with van der Waals surface area (Å²) in [5, 5.41) is 46.0. The average molecular weight is 567 g/mol. The van der Waals surface area contributed by atoms with Crippen LogP contribution in [0.3, 0.4) is 0 Å². The van der Waals surface area contributed by atoms with Gasteiger partial charge in [0.1, 0.15) is 22.8 Å². The molecule has 0 aromatic heterocycles. The van der Waals surface area contributed by atoms with Crippen molar-refractivity contribution in [3.63, 3.8) is 0 Å². The lowest BCUT2D eigenvalue weighted by atomic mass is 9.58. The topological polar surface area (TPSA) is 168 Å². The fourth-order valence-corrected chi connectivity index (χ4v) is 8.61. The summed E-state index contributed by atoms with van der Waals surface area (Å²) in [6.07, 6.45) is 1.42. The number of aliphatic hydroxyl groups excluding tert-OH is 2. The predicted molar refractivity (Wildman–Crippen MR) is 150 cm³/mol. The molecule has 1 amide bonds. The highest BCUT2D eigenvalue weighted by molar-refractivity contribution is 6.25. The lowest BCUT2D eigenvalue weighted by Gasteiger charge is -2.51. The first-order valence-corrected chi connectivity index (χ1v) is 14.4. The quantitative estimate of drug-likeness (QED) is 0.336. The molecule has 2 unspecified atom stereocenters. The molecule has 3 aliphatic carbocycles. The number of nitrogens with two attached hydrogens (primary N) is 1. The number of fused-ring (bicyclic) bond motifs is 7. The smallest absolute Gasteiger partial charge is 0.255 e. The molecule has 1 aromatic carbocycles. The number of carbonyl (C=O) groups excluding carboxylic acids is 3. The van der Waals surface area contributed by atoms with Gasteiger partial charge in [0.2, 0.25) is 5.78 Å². The largest absolute Gasteiger partial charge is 0.510 e. The van der Waals surface area contributed by atoms with Gasteiger partial charge in [0.25, 0.3) is 5.91 Å². The van der Waals surface area contributed by atoms with Crippen LogP contribution in [0.1, 0.15) is 54.2 Å². The minimum absolute atomic E-state index is 0.0617. The Hall–Kier alpha value is -3.41. The second-order valence-electron chi connectivity index (χ2n) is 12.3. The van der Waals surface area contributed by atoms with Gasteiger partial charge < -0.3 is 31.1 Å². The van der Waals surface area contributed by atoms with Crippen LogP contribution < -0.4 is 10.6 Å². The van der Waals surface area contributed by atoms with Gasteiger partial charge in [-0.1, -0.05) is 13.8 Å². The number of likely N-dealkylation sites (N-methyl/N-ethyl adjacent to an activating group) is 1. The van der Waals surface area contributed by atoms with Crippen molar-refractivity contribution in [3.8, 4) is 5.75 Å². The molecule has 0 spiro atoms. The van der Waals surface area contributed by atoms with Crippen LogP contribution in [0.4, 0.5) is 5.69 Å². The molecule has 5 aliphatic rings. The highest BCUT2D eigenvalue weighted by atomic mass is 16.3. The minimum atomic E-state index is -2.64. The van der Waals surface area contributed by atoms with Gasteiger partial charge >= 0.3 is 0 Å². The summed E-state index contributed by atoms with van der Waals surface area (Å²) in [5.74, 6) is -5.88. The van der Waals surface area contributed by atoms with E-state index in [1.54, 1.807) is 11.0 Å². The highest BCUT2D eigenvalue weighted by Gasteiger charge is 2.63. The molecule has 1 fully saturated rings. The number of benzene rings is 1. The second kappa shape index (κ2) is 9.30. The summed E-state index contributed by atoms with van der Waals surface area (Å²) in [5.41, 5.74) is 4.55. The molecule has 11 heteroatoms. The number of amides is 1. The van der Waals surface area contributed by atoms with Gasteiger partial charge in [0, 0.05) is 36.8 Å². The number of allylic oxidation sites excluding steroid dienone is 1. The first-order chi connectivity index (χ1) is 19.4. The third-order valence-electron chi connectivity index (χ3n) is 10.4. The van der Waals surface area contributed by atoms with E-state index in [0.717, 1.165) is 30.8 Å². The SMILES string of the molecule is CCN(CC)[C@@H]1C(O)=C(C(N)=O)C(=O)[C@@]2(O)C(O)=C3C(=O)c4c(O)cc5c(c4C[C@H]3C[C@@H]12)N(C)CC1CCN(C)C51. The van der Waals surface area contributed by atoms with Crippen molar-refractivity contribution in [1.82, 2.24) is 9.80 Å². The van der Waals surface area contributed by atoms with Crippen LogP contribution in [0.2, 0.25) is 0 Å². The van der Waals surface area contributed by atoms with Gasteiger partial charge in [0.05, 0.1) is 11.6 Å². The third-order valence-corrected chi connectivity index (χ3v) is 10.4. The summed E-state index contributed by atoms with van der Waals surface area (Å²) in [6, 6.07) is 0.781. The van der Waals surface area contributed by atoms with Crippen LogP contribution in [0.15, 0.2) is 28.7 Å². The zero-order valence-corrected chi connectivity index (χ0v) is 23.8. The van der Waals surface area contributed by atoms with Crippen molar-refractivity contribution >= 4 is 23.2 Å². The molecule has 6 atom stereocenters. The van der Waals surface area contributed by atoms with Crippen molar-refractivity contribution in [3.05, 3.63) is 45.4 Å². The van der Waals surface area contributed by atoms with Crippen molar-refractivity contribution in [2.45, 2.75) is 50.8 Å². The van der Waals surface area contributed by atoms with E-state index in [9.17, 15) is 34.8 Å². The molecule has 0 radical (unpaired) electrons. The molecule has 2 heterocycles. The molecule has 1 saturated heterocycles. The molecule has 1 aromatic rings. The maximum atomic E-state index is 14.1.